The van der Waals surface area contributed by atoms with Crippen LogP contribution in [0.25, 0.3) is 11.5 Å². The first-order valence-corrected chi connectivity index (χ1v) is 7.12. The number of pyridine rings is 1. The molecule has 0 atom stereocenters. The van der Waals surface area contributed by atoms with Crippen LogP contribution >= 0.6 is 0 Å². The summed E-state index contributed by atoms with van der Waals surface area (Å²) in [7, 11) is 0. The van der Waals surface area contributed by atoms with Crippen molar-refractivity contribution < 1.29 is 22.7 Å². The number of halogens is 2. The molecule has 1 aromatic carbocycles. The Balaban J connectivity index is 1.63. The molecule has 0 spiro atoms. The summed E-state index contributed by atoms with van der Waals surface area (Å²) in [5, 5.41) is 6.81. The fraction of sp³-hybridized carbons (Fsp3) is 0.125. The van der Waals surface area contributed by atoms with Crippen molar-refractivity contribution in [3.63, 3.8) is 0 Å². The van der Waals surface area contributed by atoms with Gasteiger partial charge in [-0.3, -0.25) is 9.78 Å². The first kappa shape index (κ1) is 16.5. The molecule has 0 radical (unpaired) electrons. The Morgan fingerprint density at radius 3 is 2.48 bits per heavy atom. The maximum atomic E-state index is 12.4. The summed E-state index contributed by atoms with van der Waals surface area (Å²) >= 11 is 0. The molecule has 2 heterocycles. The van der Waals surface area contributed by atoms with E-state index in [4.69, 9.17) is 14.9 Å². The third-order valence-electron chi connectivity index (χ3n) is 3.22. The van der Waals surface area contributed by atoms with Crippen LogP contribution in [0.2, 0.25) is 0 Å². The lowest BCUT2D eigenvalue weighted by Gasteiger charge is -2.06. The third kappa shape index (κ3) is 3.94. The minimum atomic E-state index is -2.82. The van der Waals surface area contributed by atoms with Gasteiger partial charge in [0.1, 0.15) is 12.4 Å². The van der Waals surface area contributed by atoms with Crippen molar-refractivity contribution in [2.75, 3.05) is 0 Å². The van der Waals surface area contributed by atoms with Crippen LogP contribution in [-0.4, -0.2) is 21.1 Å². The van der Waals surface area contributed by atoms with Crippen LogP contribution in [0.1, 0.15) is 28.4 Å². The van der Waals surface area contributed by atoms with Crippen LogP contribution in [0.4, 0.5) is 8.78 Å². The topological polar surface area (TPSA) is 104 Å². The van der Waals surface area contributed by atoms with E-state index in [1.807, 2.05) is 0 Å². The minimum absolute atomic E-state index is 0.0303. The lowest BCUT2D eigenvalue weighted by Crippen LogP contribution is -2.10. The maximum Gasteiger partial charge on any atom is 0.314 e. The first-order chi connectivity index (χ1) is 12.0. The van der Waals surface area contributed by atoms with E-state index in [1.54, 1.807) is 36.4 Å². The van der Waals surface area contributed by atoms with E-state index in [2.05, 4.69) is 15.2 Å². The number of nitrogens with two attached hydrogens (primary N) is 1. The van der Waals surface area contributed by atoms with Gasteiger partial charge in [-0.2, -0.15) is 8.78 Å². The molecular formula is C16H12F2N4O3. The predicted octanol–water partition coefficient (Wildman–Crippen LogP) is 2.75. The lowest BCUT2D eigenvalue weighted by molar-refractivity contribution is 0.1000. The second kappa shape index (κ2) is 7.04. The van der Waals surface area contributed by atoms with Gasteiger partial charge >= 0.3 is 6.43 Å². The average molecular weight is 346 g/mol. The monoisotopic (exact) mass is 346 g/mol. The normalized spacial score (nSPS) is 10.8. The molecule has 0 aliphatic heterocycles. The number of primary amides is 1. The van der Waals surface area contributed by atoms with E-state index < -0.39 is 18.2 Å². The molecule has 0 saturated heterocycles. The zero-order valence-corrected chi connectivity index (χ0v) is 12.7. The number of carbonyl (C=O) groups excluding carboxylic acids is 1. The molecular weight excluding hydrogens is 334 g/mol. The fourth-order valence-electron chi connectivity index (χ4n) is 1.95. The highest BCUT2D eigenvalue weighted by Gasteiger charge is 2.17. The van der Waals surface area contributed by atoms with E-state index in [0.29, 0.717) is 22.6 Å². The van der Waals surface area contributed by atoms with Gasteiger partial charge in [-0.15, -0.1) is 10.2 Å². The number of hydrogen-bond donors (Lipinski definition) is 1. The van der Waals surface area contributed by atoms with E-state index in [-0.39, 0.29) is 12.5 Å². The molecule has 2 aromatic heterocycles. The number of ether oxygens (including phenoxy) is 1. The summed E-state index contributed by atoms with van der Waals surface area (Å²) in [5.74, 6) is -0.728. The van der Waals surface area contributed by atoms with Crippen molar-refractivity contribution in [2.24, 2.45) is 5.73 Å². The summed E-state index contributed by atoms with van der Waals surface area (Å²) in [6, 6.07) is 9.64. The van der Waals surface area contributed by atoms with Gasteiger partial charge in [0.2, 0.25) is 11.8 Å². The average Bonchev–Trinajstić information content (AvgIpc) is 3.11. The number of hydrogen-bond acceptors (Lipinski definition) is 6. The fourth-order valence-corrected chi connectivity index (χ4v) is 1.95. The van der Waals surface area contributed by atoms with Crippen molar-refractivity contribution >= 4 is 5.91 Å². The van der Waals surface area contributed by atoms with Gasteiger partial charge in [0.05, 0.1) is 11.3 Å². The van der Waals surface area contributed by atoms with Crippen LogP contribution in [0.15, 0.2) is 47.0 Å². The Morgan fingerprint density at radius 2 is 1.92 bits per heavy atom. The molecule has 1 amide bonds. The highest BCUT2D eigenvalue weighted by atomic mass is 19.3. The van der Waals surface area contributed by atoms with Gasteiger partial charge in [-0.05, 0) is 36.4 Å². The standard InChI is InChI=1S/C16H12F2N4O3/c17-13(18)16-22-21-15(25-16)10-1-4-11(20-7-10)8-24-12-5-2-9(3-6-12)14(19)23/h1-7,13H,8H2,(H2,19,23). The molecule has 25 heavy (non-hydrogen) atoms. The second-order valence-electron chi connectivity index (χ2n) is 4.96. The summed E-state index contributed by atoms with van der Waals surface area (Å²) in [6.45, 7) is 0.183. The zero-order valence-electron chi connectivity index (χ0n) is 12.7. The van der Waals surface area contributed by atoms with Crippen molar-refractivity contribution in [3.05, 3.63) is 59.7 Å². The van der Waals surface area contributed by atoms with Gasteiger partial charge in [-0.1, -0.05) is 0 Å². The minimum Gasteiger partial charge on any atom is -0.487 e. The number of aromatic nitrogens is 3. The maximum absolute atomic E-state index is 12.4. The van der Waals surface area contributed by atoms with Crippen LogP contribution < -0.4 is 10.5 Å². The van der Waals surface area contributed by atoms with Crippen molar-refractivity contribution in [2.45, 2.75) is 13.0 Å². The summed E-state index contributed by atoms with van der Waals surface area (Å²) in [5.41, 5.74) is 6.58. The Morgan fingerprint density at radius 1 is 1.16 bits per heavy atom. The lowest BCUT2D eigenvalue weighted by atomic mass is 10.2. The number of rotatable bonds is 6. The van der Waals surface area contributed by atoms with Crippen LogP contribution in [0.5, 0.6) is 5.75 Å². The largest absolute Gasteiger partial charge is 0.487 e. The summed E-state index contributed by atoms with van der Waals surface area (Å²) in [4.78, 5) is 15.1. The van der Waals surface area contributed by atoms with Gasteiger partial charge in [0.15, 0.2) is 0 Å². The van der Waals surface area contributed by atoms with Crippen molar-refractivity contribution in [1.82, 2.24) is 15.2 Å². The highest BCUT2D eigenvalue weighted by Crippen LogP contribution is 2.23. The molecule has 7 nitrogen and oxygen atoms in total. The molecule has 2 N–H and O–H groups in total. The molecule has 128 valence electrons. The molecule has 0 aliphatic rings. The van der Waals surface area contributed by atoms with Gasteiger partial charge in [0, 0.05) is 11.8 Å². The van der Waals surface area contributed by atoms with Gasteiger partial charge in [0.25, 0.3) is 5.89 Å². The van der Waals surface area contributed by atoms with E-state index >= 15 is 0 Å². The van der Waals surface area contributed by atoms with Crippen molar-refractivity contribution in [1.29, 1.82) is 0 Å². The van der Waals surface area contributed by atoms with Gasteiger partial charge < -0.3 is 14.9 Å². The molecule has 0 saturated carbocycles. The zero-order chi connectivity index (χ0) is 17.8. The first-order valence-electron chi connectivity index (χ1n) is 7.12. The highest BCUT2D eigenvalue weighted by molar-refractivity contribution is 5.92. The second-order valence-corrected chi connectivity index (χ2v) is 4.96. The SMILES string of the molecule is NC(=O)c1ccc(OCc2ccc(-c3nnc(C(F)F)o3)cn2)cc1. The Kier molecular flexibility index (Phi) is 4.64. The van der Waals surface area contributed by atoms with Crippen molar-refractivity contribution in [3.8, 4) is 17.2 Å². The predicted molar refractivity (Wildman–Crippen MR) is 81.8 cm³/mol. The van der Waals surface area contributed by atoms with E-state index in [0.717, 1.165) is 0 Å². The molecule has 0 unspecified atom stereocenters. The Labute approximate surface area is 140 Å². The molecule has 0 aliphatic carbocycles. The molecule has 3 aromatic rings. The molecule has 0 bridgehead atoms. The molecule has 3 rings (SSSR count). The van der Waals surface area contributed by atoms with Crippen LogP contribution in [-0.2, 0) is 6.61 Å². The number of amides is 1. The summed E-state index contributed by atoms with van der Waals surface area (Å²) < 4.78 is 35.3. The number of benzene rings is 1. The Hall–Kier alpha value is -3.36. The number of alkyl halides is 2. The smallest absolute Gasteiger partial charge is 0.314 e. The van der Waals surface area contributed by atoms with Crippen LogP contribution in [0, 0.1) is 0 Å². The quantitative estimate of drug-likeness (QED) is 0.736. The number of nitrogens with zero attached hydrogens (tertiary/aromatic N) is 3. The molecule has 0 fully saturated rings. The van der Waals surface area contributed by atoms with Crippen LogP contribution in [0.3, 0.4) is 0 Å². The van der Waals surface area contributed by atoms with E-state index in [1.165, 1.54) is 6.20 Å². The number of carbonyl (C=O) groups is 1. The Bertz CT molecular complexity index is 864. The summed E-state index contributed by atoms with van der Waals surface area (Å²) in [6.07, 6.45) is -1.39. The van der Waals surface area contributed by atoms with Gasteiger partial charge in [-0.25, -0.2) is 0 Å². The molecule has 9 heteroatoms. The third-order valence-corrected chi connectivity index (χ3v) is 3.22. The van der Waals surface area contributed by atoms with E-state index in [9.17, 15) is 13.6 Å².